The Bertz CT molecular complexity index is 671. The maximum absolute atomic E-state index is 12.7. The highest BCUT2D eigenvalue weighted by Crippen LogP contribution is 2.22. The van der Waals surface area contributed by atoms with Gasteiger partial charge in [0.25, 0.3) is 5.91 Å². The monoisotopic (exact) mass is 318 g/mol. The number of amides is 1. The van der Waals surface area contributed by atoms with E-state index in [4.69, 9.17) is 11.6 Å². The summed E-state index contributed by atoms with van der Waals surface area (Å²) in [4.78, 5) is 14.5. The number of aromatic nitrogens is 1. The van der Waals surface area contributed by atoms with Crippen molar-refractivity contribution in [3.05, 3.63) is 57.9 Å². The van der Waals surface area contributed by atoms with Crippen molar-refractivity contribution in [3.8, 4) is 0 Å². The van der Waals surface area contributed by atoms with Crippen LogP contribution in [-0.2, 0) is 6.54 Å². The second-order valence-electron chi connectivity index (χ2n) is 6.04. The summed E-state index contributed by atoms with van der Waals surface area (Å²) >= 11 is 5.89. The van der Waals surface area contributed by atoms with E-state index in [0.29, 0.717) is 17.6 Å². The summed E-state index contributed by atoms with van der Waals surface area (Å²) in [5.74, 6) is 0.0509. The molecule has 1 aromatic carbocycles. The number of carbonyl (C=O) groups excluding carboxylic acids is 1. The minimum atomic E-state index is 0.0509. The molecule has 3 nitrogen and oxygen atoms in total. The molecule has 0 aliphatic carbocycles. The van der Waals surface area contributed by atoms with Gasteiger partial charge in [-0.1, -0.05) is 23.7 Å². The average Bonchev–Trinajstić information content (AvgIpc) is 2.75. The summed E-state index contributed by atoms with van der Waals surface area (Å²) in [6.45, 7) is 8.89. The maximum Gasteiger partial charge on any atom is 0.255 e. The van der Waals surface area contributed by atoms with Crippen molar-refractivity contribution in [2.45, 2.75) is 40.3 Å². The van der Waals surface area contributed by atoms with Gasteiger partial charge < -0.3 is 9.47 Å². The van der Waals surface area contributed by atoms with E-state index < -0.39 is 0 Å². The third kappa shape index (κ3) is 3.36. The number of hydrogen-bond acceptors (Lipinski definition) is 1. The Morgan fingerprint density at radius 2 is 1.82 bits per heavy atom. The number of carbonyl (C=O) groups is 1. The lowest BCUT2D eigenvalue weighted by molar-refractivity contribution is 0.0784. The Balaban J connectivity index is 2.20. The SMILES string of the molecule is Cc1cc(C(=O)N(C)Cc2ccc(Cl)cc2)c(C)n1C(C)C. The highest BCUT2D eigenvalue weighted by atomic mass is 35.5. The maximum atomic E-state index is 12.7. The molecule has 22 heavy (non-hydrogen) atoms. The van der Waals surface area contributed by atoms with Crippen molar-refractivity contribution in [3.63, 3.8) is 0 Å². The molecule has 4 heteroatoms. The van der Waals surface area contributed by atoms with Gasteiger partial charge in [-0.25, -0.2) is 0 Å². The molecular weight excluding hydrogens is 296 g/mol. The minimum absolute atomic E-state index is 0.0509. The Hall–Kier alpha value is -1.74. The van der Waals surface area contributed by atoms with E-state index in [1.165, 1.54) is 0 Å². The number of aryl methyl sites for hydroxylation is 1. The van der Waals surface area contributed by atoms with E-state index in [0.717, 1.165) is 22.5 Å². The highest BCUT2D eigenvalue weighted by Gasteiger charge is 2.20. The van der Waals surface area contributed by atoms with Crippen molar-refractivity contribution in [2.75, 3.05) is 7.05 Å². The first-order valence-corrected chi connectivity index (χ1v) is 7.87. The Morgan fingerprint density at radius 3 is 2.32 bits per heavy atom. The van der Waals surface area contributed by atoms with Crippen LogP contribution in [0, 0.1) is 13.8 Å². The molecule has 0 saturated carbocycles. The van der Waals surface area contributed by atoms with Gasteiger partial charge in [-0.3, -0.25) is 4.79 Å². The van der Waals surface area contributed by atoms with Crippen molar-refractivity contribution >= 4 is 17.5 Å². The van der Waals surface area contributed by atoms with Crippen LogP contribution in [0.2, 0.25) is 5.02 Å². The lowest BCUT2D eigenvalue weighted by Gasteiger charge is -2.18. The average molecular weight is 319 g/mol. The zero-order valence-electron chi connectivity index (χ0n) is 13.9. The summed E-state index contributed by atoms with van der Waals surface area (Å²) in [7, 11) is 1.83. The molecule has 0 unspecified atom stereocenters. The molecule has 1 amide bonds. The predicted molar refractivity (Wildman–Crippen MR) is 91.5 cm³/mol. The van der Waals surface area contributed by atoms with Crippen LogP contribution < -0.4 is 0 Å². The van der Waals surface area contributed by atoms with Crippen molar-refractivity contribution < 1.29 is 4.79 Å². The van der Waals surface area contributed by atoms with Crippen molar-refractivity contribution in [1.29, 1.82) is 0 Å². The van der Waals surface area contributed by atoms with Gasteiger partial charge in [-0.2, -0.15) is 0 Å². The van der Waals surface area contributed by atoms with Crippen LogP contribution in [0.25, 0.3) is 0 Å². The van der Waals surface area contributed by atoms with Crippen LogP contribution >= 0.6 is 11.6 Å². The Labute approximate surface area is 137 Å². The second kappa shape index (κ2) is 6.57. The molecule has 0 N–H and O–H groups in total. The number of nitrogens with zero attached hydrogens (tertiary/aromatic N) is 2. The minimum Gasteiger partial charge on any atom is -0.346 e. The van der Waals surface area contributed by atoms with E-state index in [1.54, 1.807) is 4.90 Å². The Morgan fingerprint density at radius 1 is 1.23 bits per heavy atom. The van der Waals surface area contributed by atoms with Gasteiger partial charge in [0.1, 0.15) is 0 Å². The lowest BCUT2D eigenvalue weighted by atomic mass is 10.2. The van der Waals surface area contributed by atoms with Gasteiger partial charge in [0.05, 0.1) is 5.56 Å². The van der Waals surface area contributed by atoms with Gasteiger partial charge in [-0.05, 0) is 51.5 Å². The quantitative estimate of drug-likeness (QED) is 0.808. The molecule has 0 aliphatic rings. The summed E-state index contributed by atoms with van der Waals surface area (Å²) < 4.78 is 2.20. The van der Waals surface area contributed by atoms with Gasteiger partial charge >= 0.3 is 0 Å². The van der Waals surface area contributed by atoms with E-state index in [9.17, 15) is 4.79 Å². The normalized spacial score (nSPS) is 11.0. The van der Waals surface area contributed by atoms with Gasteiger partial charge in [-0.15, -0.1) is 0 Å². The number of halogens is 1. The van der Waals surface area contributed by atoms with Gasteiger partial charge in [0.15, 0.2) is 0 Å². The van der Waals surface area contributed by atoms with E-state index in [1.807, 2.05) is 51.2 Å². The molecule has 1 heterocycles. The third-order valence-corrected chi connectivity index (χ3v) is 4.16. The van der Waals surface area contributed by atoms with Crippen LogP contribution in [0.5, 0.6) is 0 Å². The van der Waals surface area contributed by atoms with Gasteiger partial charge in [0.2, 0.25) is 0 Å². The molecule has 118 valence electrons. The fourth-order valence-corrected chi connectivity index (χ4v) is 3.06. The predicted octanol–water partition coefficient (Wildman–Crippen LogP) is 4.61. The largest absolute Gasteiger partial charge is 0.346 e. The lowest BCUT2D eigenvalue weighted by Crippen LogP contribution is -2.26. The van der Waals surface area contributed by atoms with E-state index in [-0.39, 0.29) is 5.91 Å². The molecule has 0 saturated heterocycles. The van der Waals surface area contributed by atoms with Crippen LogP contribution in [-0.4, -0.2) is 22.4 Å². The summed E-state index contributed by atoms with van der Waals surface area (Å²) in [5, 5.41) is 0.707. The van der Waals surface area contributed by atoms with Crippen LogP contribution in [0.15, 0.2) is 30.3 Å². The van der Waals surface area contributed by atoms with Gasteiger partial charge in [0, 0.05) is 36.0 Å². The van der Waals surface area contributed by atoms with Crippen molar-refractivity contribution in [1.82, 2.24) is 9.47 Å². The standard InChI is InChI=1S/C18H23ClN2O/c1-12(2)21-13(3)10-17(14(21)4)18(22)20(5)11-15-6-8-16(19)9-7-15/h6-10,12H,11H2,1-5H3. The molecule has 0 fully saturated rings. The van der Waals surface area contributed by atoms with E-state index >= 15 is 0 Å². The number of hydrogen-bond donors (Lipinski definition) is 0. The summed E-state index contributed by atoms with van der Waals surface area (Å²) in [6.07, 6.45) is 0. The molecule has 0 atom stereocenters. The molecule has 0 bridgehead atoms. The van der Waals surface area contributed by atoms with Crippen molar-refractivity contribution in [2.24, 2.45) is 0 Å². The summed E-state index contributed by atoms with van der Waals surface area (Å²) in [5.41, 5.74) is 4.00. The third-order valence-electron chi connectivity index (χ3n) is 3.91. The van der Waals surface area contributed by atoms with Crippen LogP contribution in [0.3, 0.4) is 0 Å². The second-order valence-corrected chi connectivity index (χ2v) is 6.47. The number of rotatable bonds is 4. The van der Waals surface area contributed by atoms with E-state index in [2.05, 4.69) is 18.4 Å². The fraction of sp³-hybridized carbons (Fsp3) is 0.389. The molecule has 2 aromatic rings. The fourth-order valence-electron chi connectivity index (χ4n) is 2.93. The first kappa shape index (κ1) is 16.6. The van der Waals surface area contributed by atoms with Crippen LogP contribution in [0.4, 0.5) is 0 Å². The molecule has 0 aliphatic heterocycles. The molecular formula is C18H23ClN2O. The first-order valence-electron chi connectivity index (χ1n) is 7.49. The Kier molecular flexibility index (Phi) is 4.97. The number of benzene rings is 1. The topological polar surface area (TPSA) is 25.2 Å². The zero-order valence-corrected chi connectivity index (χ0v) is 14.6. The van der Waals surface area contributed by atoms with Crippen LogP contribution in [0.1, 0.15) is 47.2 Å². The summed E-state index contributed by atoms with van der Waals surface area (Å²) in [6, 6.07) is 9.92. The molecule has 1 aromatic heterocycles. The molecule has 0 radical (unpaired) electrons. The smallest absolute Gasteiger partial charge is 0.255 e. The zero-order chi connectivity index (χ0) is 16.4. The molecule has 2 rings (SSSR count). The molecule has 0 spiro atoms. The highest BCUT2D eigenvalue weighted by molar-refractivity contribution is 6.30. The first-order chi connectivity index (χ1) is 10.3.